The molecule has 1 aliphatic carbocycles. The van der Waals surface area contributed by atoms with Crippen LogP contribution in [0.4, 0.5) is 0 Å². The number of carbonyl (C=O) groups excluding carboxylic acids is 2. The Balaban J connectivity index is 1.37. The van der Waals surface area contributed by atoms with Gasteiger partial charge in [-0.15, -0.1) is 11.8 Å². The highest BCUT2D eigenvalue weighted by molar-refractivity contribution is 8.04. The van der Waals surface area contributed by atoms with Crippen LogP contribution in [0.1, 0.15) is 44.9 Å². The largest absolute Gasteiger partial charge is 0.463 e. The Labute approximate surface area is 193 Å². The van der Waals surface area contributed by atoms with Crippen molar-refractivity contribution >= 4 is 23.6 Å². The predicted molar refractivity (Wildman–Crippen MR) is 124 cm³/mol. The van der Waals surface area contributed by atoms with Gasteiger partial charge in [0.05, 0.1) is 30.2 Å². The first-order valence-corrected chi connectivity index (χ1v) is 12.6. The van der Waals surface area contributed by atoms with E-state index in [4.69, 9.17) is 4.74 Å². The minimum Gasteiger partial charge on any atom is -0.463 e. The highest BCUT2D eigenvalue weighted by Crippen LogP contribution is 2.48. The van der Waals surface area contributed by atoms with Crippen molar-refractivity contribution in [3.63, 3.8) is 0 Å². The second kappa shape index (κ2) is 9.14. The molecule has 168 valence electrons. The van der Waals surface area contributed by atoms with Crippen molar-refractivity contribution in [3.05, 3.63) is 53.0 Å². The lowest BCUT2D eigenvalue weighted by molar-refractivity contribution is -0.690. The normalized spacial score (nSPS) is 21.9. The number of rotatable bonds is 6. The molecule has 7 heteroatoms. The van der Waals surface area contributed by atoms with Gasteiger partial charge in [0.2, 0.25) is 0 Å². The average Bonchev–Trinajstić information content (AvgIpc) is 3.49. The summed E-state index contributed by atoms with van der Waals surface area (Å²) in [5.41, 5.74) is 3.00. The van der Waals surface area contributed by atoms with E-state index in [1.54, 1.807) is 11.8 Å². The molecule has 2 atom stereocenters. The molecule has 2 aromatic rings. The molecule has 5 rings (SSSR count). The number of fused-ring (bicyclic) bond motifs is 2. The number of benzene rings is 1. The van der Waals surface area contributed by atoms with Crippen LogP contribution in [0.2, 0.25) is 0 Å². The number of imidazole rings is 1. The molecule has 1 saturated carbocycles. The number of nitrogens with zero attached hydrogens (tertiary/aromatic N) is 2. The third kappa shape index (κ3) is 3.98. The summed E-state index contributed by atoms with van der Waals surface area (Å²) >= 11 is 1.66. The fourth-order valence-electron chi connectivity index (χ4n) is 5.31. The molecule has 0 bridgehead atoms. The third-order valence-corrected chi connectivity index (χ3v) is 8.14. The van der Waals surface area contributed by atoms with E-state index in [0.29, 0.717) is 22.5 Å². The van der Waals surface area contributed by atoms with E-state index in [1.165, 1.54) is 12.2 Å². The zero-order chi connectivity index (χ0) is 22.1. The van der Waals surface area contributed by atoms with Gasteiger partial charge in [-0.25, -0.2) is 13.9 Å². The van der Waals surface area contributed by atoms with E-state index < -0.39 is 0 Å². The lowest BCUT2D eigenvalue weighted by atomic mass is 9.84. The Kier molecular flexibility index (Phi) is 6.09. The summed E-state index contributed by atoms with van der Waals surface area (Å²) in [4.78, 5) is 25.8. The summed E-state index contributed by atoms with van der Waals surface area (Å²) in [6, 6.07) is 10.3. The molecule has 1 N–H and O–H groups in total. The number of amides is 1. The topological polar surface area (TPSA) is 64.2 Å². The fraction of sp³-hybridized carbons (Fsp3) is 0.480. The smallest absolute Gasteiger partial charge is 0.336 e. The van der Waals surface area contributed by atoms with Gasteiger partial charge in [-0.3, -0.25) is 4.79 Å². The molecule has 1 aromatic carbocycles. The molecule has 32 heavy (non-hydrogen) atoms. The molecule has 0 unspecified atom stereocenters. The number of hydrogen-bond donors (Lipinski definition) is 1. The molecule has 0 spiro atoms. The number of ether oxygens (including phenoxy) is 1. The first kappa shape index (κ1) is 21.3. The van der Waals surface area contributed by atoms with Crippen LogP contribution in [-0.4, -0.2) is 28.3 Å². The maximum absolute atomic E-state index is 13.1. The molecule has 1 fully saturated rings. The summed E-state index contributed by atoms with van der Waals surface area (Å²) in [6.45, 7) is 3.40. The molecule has 6 nitrogen and oxygen atoms in total. The van der Waals surface area contributed by atoms with Crippen LogP contribution >= 0.6 is 11.8 Å². The number of carbonyl (C=O) groups is 2. The first-order valence-electron chi connectivity index (χ1n) is 11.7. The van der Waals surface area contributed by atoms with Gasteiger partial charge in [0, 0.05) is 16.7 Å². The highest BCUT2D eigenvalue weighted by Gasteiger charge is 2.42. The molecular weight excluding hydrogens is 422 g/mol. The summed E-state index contributed by atoms with van der Waals surface area (Å²) in [7, 11) is 0. The van der Waals surface area contributed by atoms with Gasteiger partial charge >= 0.3 is 5.97 Å². The van der Waals surface area contributed by atoms with Gasteiger partial charge in [-0.2, -0.15) is 0 Å². The van der Waals surface area contributed by atoms with Crippen LogP contribution in [-0.2, 0) is 33.8 Å². The van der Waals surface area contributed by atoms with Gasteiger partial charge in [-0.05, 0) is 26.2 Å². The lowest BCUT2D eigenvalue weighted by Crippen LogP contribution is -2.44. The Bertz CT molecular complexity index is 1060. The zero-order valence-corrected chi connectivity index (χ0v) is 19.3. The van der Waals surface area contributed by atoms with Crippen molar-refractivity contribution < 1.29 is 18.9 Å². The van der Waals surface area contributed by atoms with E-state index in [1.807, 2.05) is 25.1 Å². The van der Waals surface area contributed by atoms with Gasteiger partial charge in [0.1, 0.15) is 6.20 Å². The van der Waals surface area contributed by atoms with E-state index in [0.717, 1.165) is 49.9 Å². The van der Waals surface area contributed by atoms with Crippen LogP contribution < -0.4 is 9.88 Å². The Morgan fingerprint density at radius 3 is 2.81 bits per heavy atom. The minimum absolute atomic E-state index is 0.0853. The van der Waals surface area contributed by atoms with Crippen molar-refractivity contribution in [1.82, 2.24) is 9.88 Å². The van der Waals surface area contributed by atoms with Crippen LogP contribution in [0.15, 0.2) is 47.1 Å². The standard InChI is InChI=1S/C25H29N3O3S/c1-2-31-25(30)23-18-11-6-7-12-20(18)32-24(23)26-21(29)16-27-15-19(17-9-4-3-5-10-17)28-14-8-13-22(27)28/h3-5,9-10,15,18,20H,2,6-8,11-14,16H2,1H3/p+1/t18-,20-/m1/s1. The van der Waals surface area contributed by atoms with Crippen molar-refractivity contribution in [3.8, 4) is 11.3 Å². The Morgan fingerprint density at radius 2 is 2.00 bits per heavy atom. The maximum atomic E-state index is 13.1. The van der Waals surface area contributed by atoms with E-state index >= 15 is 0 Å². The predicted octanol–water partition coefficient (Wildman–Crippen LogP) is 3.59. The quantitative estimate of drug-likeness (QED) is 0.538. The number of hydrogen-bond acceptors (Lipinski definition) is 4. The summed E-state index contributed by atoms with van der Waals surface area (Å²) in [5.74, 6) is 1.02. The molecule has 0 radical (unpaired) electrons. The molecule has 1 aromatic heterocycles. The Morgan fingerprint density at radius 1 is 1.19 bits per heavy atom. The number of aromatic nitrogens is 2. The van der Waals surface area contributed by atoms with E-state index in [2.05, 4.69) is 32.8 Å². The molecule has 0 saturated heterocycles. The molecular formula is C25H30N3O3S+. The average molecular weight is 453 g/mol. The van der Waals surface area contributed by atoms with E-state index in [9.17, 15) is 9.59 Å². The molecule has 3 aliphatic rings. The van der Waals surface area contributed by atoms with Crippen LogP contribution in [0.3, 0.4) is 0 Å². The monoisotopic (exact) mass is 452 g/mol. The van der Waals surface area contributed by atoms with Crippen molar-refractivity contribution in [1.29, 1.82) is 0 Å². The van der Waals surface area contributed by atoms with Crippen LogP contribution in [0, 0.1) is 5.92 Å². The summed E-state index contributed by atoms with van der Waals surface area (Å²) in [5, 5.41) is 4.17. The lowest BCUT2D eigenvalue weighted by Gasteiger charge is -2.25. The Hall–Kier alpha value is -2.54. The van der Waals surface area contributed by atoms with Gasteiger partial charge in [0.15, 0.2) is 12.2 Å². The fourth-order valence-corrected chi connectivity index (χ4v) is 6.87. The molecule has 2 aliphatic heterocycles. The third-order valence-electron chi connectivity index (χ3n) is 6.71. The number of nitrogens with one attached hydrogen (secondary N) is 1. The zero-order valence-electron chi connectivity index (χ0n) is 18.5. The maximum Gasteiger partial charge on any atom is 0.336 e. The van der Waals surface area contributed by atoms with Crippen LogP contribution in [0.5, 0.6) is 0 Å². The van der Waals surface area contributed by atoms with Crippen molar-refractivity contribution in [2.45, 2.75) is 63.8 Å². The number of thioether (sulfide) groups is 1. The second-order valence-corrected chi connectivity index (χ2v) is 9.99. The SMILES string of the molecule is CCOC(=O)C1=C(NC(=O)C[n+]2cc(-c3ccccc3)n3c2CCC3)S[C@@H]2CCCC[C@@H]12. The van der Waals surface area contributed by atoms with Gasteiger partial charge < -0.3 is 10.1 Å². The number of esters is 1. The highest BCUT2D eigenvalue weighted by atomic mass is 32.2. The van der Waals surface area contributed by atoms with Crippen molar-refractivity contribution in [2.24, 2.45) is 5.92 Å². The van der Waals surface area contributed by atoms with Gasteiger partial charge in [-0.1, -0.05) is 43.2 Å². The second-order valence-electron chi connectivity index (χ2n) is 8.74. The minimum atomic E-state index is -0.270. The molecule has 3 heterocycles. The first-order chi connectivity index (χ1) is 15.7. The van der Waals surface area contributed by atoms with Crippen molar-refractivity contribution in [2.75, 3.05) is 6.61 Å². The van der Waals surface area contributed by atoms with E-state index in [-0.39, 0.29) is 24.3 Å². The molecule has 1 amide bonds. The van der Waals surface area contributed by atoms with Gasteiger partial charge in [0.25, 0.3) is 11.7 Å². The summed E-state index contributed by atoms with van der Waals surface area (Å²) < 4.78 is 9.74. The summed E-state index contributed by atoms with van der Waals surface area (Å²) in [6.07, 6.45) is 8.53. The van der Waals surface area contributed by atoms with Crippen LogP contribution in [0.25, 0.3) is 11.3 Å².